The lowest BCUT2D eigenvalue weighted by Gasteiger charge is -2.27. The van der Waals surface area contributed by atoms with Crippen LogP contribution in [0.5, 0.6) is 0 Å². The Hall–Kier alpha value is -2.98. The zero-order valence-electron chi connectivity index (χ0n) is 18.8. The van der Waals surface area contributed by atoms with Crippen molar-refractivity contribution in [1.82, 2.24) is 4.31 Å². The molecule has 2 heterocycles. The van der Waals surface area contributed by atoms with Gasteiger partial charge in [-0.2, -0.15) is 4.31 Å². The molecule has 0 unspecified atom stereocenters. The number of halogens is 1. The van der Waals surface area contributed by atoms with Crippen LogP contribution in [-0.4, -0.2) is 57.4 Å². The molecule has 2 saturated heterocycles. The van der Waals surface area contributed by atoms with Crippen molar-refractivity contribution in [3.05, 3.63) is 53.8 Å². The van der Waals surface area contributed by atoms with Crippen molar-refractivity contribution < 1.29 is 27.1 Å². The third-order valence-corrected chi connectivity index (χ3v) is 7.94. The van der Waals surface area contributed by atoms with E-state index in [4.69, 9.17) is 4.74 Å². The van der Waals surface area contributed by atoms with Gasteiger partial charge in [0, 0.05) is 31.9 Å². The van der Waals surface area contributed by atoms with Crippen molar-refractivity contribution in [2.45, 2.75) is 37.0 Å². The second kappa shape index (κ2) is 10.5. The Labute approximate surface area is 198 Å². The van der Waals surface area contributed by atoms with E-state index in [2.05, 4.69) is 5.32 Å². The molecule has 2 aliphatic heterocycles. The highest BCUT2D eigenvalue weighted by Crippen LogP contribution is 2.30. The molecule has 0 spiro atoms. The molecule has 4 rings (SSSR count). The molecule has 1 N–H and O–H groups in total. The Morgan fingerprint density at radius 1 is 0.912 bits per heavy atom. The molecule has 2 aromatic carbocycles. The zero-order valence-corrected chi connectivity index (χ0v) is 19.7. The number of amides is 1. The summed E-state index contributed by atoms with van der Waals surface area (Å²) in [6.45, 7) is 1.87. The number of anilines is 2. The molecule has 2 fully saturated rings. The van der Waals surface area contributed by atoms with Crippen molar-refractivity contribution in [2.24, 2.45) is 0 Å². The maximum Gasteiger partial charge on any atom is 0.340 e. The highest BCUT2D eigenvalue weighted by Gasteiger charge is 2.29. The molecule has 0 atom stereocenters. The number of hydrogen-bond acceptors (Lipinski definition) is 6. The van der Waals surface area contributed by atoms with Gasteiger partial charge in [-0.1, -0.05) is 6.42 Å². The number of ether oxygens (including phenoxy) is 1. The molecule has 0 saturated carbocycles. The van der Waals surface area contributed by atoms with Crippen LogP contribution in [0.4, 0.5) is 15.8 Å². The van der Waals surface area contributed by atoms with Crippen LogP contribution in [0.1, 0.15) is 42.5 Å². The lowest BCUT2D eigenvalue weighted by Crippen LogP contribution is -2.35. The number of esters is 1. The normalized spacial score (nSPS) is 16.9. The van der Waals surface area contributed by atoms with Gasteiger partial charge in [0.2, 0.25) is 10.0 Å². The summed E-state index contributed by atoms with van der Waals surface area (Å²) in [5.41, 5.74) is 1.09. The van der Waals surface area contributed by atoms with Crippen LogP contribution < -0.4 is 10.2 Å². The molecule has 0 aliphatic carbocycles. The monoisotopic (exact) mass is 489 g/mol. The fourth-order valence-corrected chi connectivity index (χ4v) is 5.81. The number of nitrogens with one attached hydrogen (secondary N) is 1. The van der Waals surface area contributed by atoms with Gasteiger partial charge >= 0.3 is 5.97 Å². The van der Waals surface area contributed by atoms with Crippen LogP contribution in [0.25, 0.3) is 0 Å². The summed E-state index contributed by atoms with van der Waals surface area (Å²) in [5, 5.41) is 2.53. The standard InChI is InChI=1S/C24H28FN3O5S/c25-18-6-8-19(9-7-18)26-23(29)17-33-24(30)21-16-20(10-11-22(21)27-12-4-5-13-27)34(31,32)28-14-2-1-3-15-28/h6-11,16H,1-5,12-15,17H2,(H,26,29). The van der Waals surface area contributed by atoms with Crippen molar-refractivity contribution in [1.29, 1.82) is 0 Å². The van der Waals surface area contributed by atoms with Crippen LogP contribution in [0.2, 0.25) is 0 Å². The summed E-state index contributed by atoms with van der Waals surface area (Å²) in [4.78, 5) is 27.3. The summed E-state index contributed by atoms with van der Waals surface area (Å²) in [6, 6.07) is 9.76. The van der Waals surface area contributed by atoms with Gasteiger partial charge in [-0.25, -0.2) is 17.6 Å². The van der Waals surface area contributed by atoms with Gasteiger partial charge in [-0.15, -0.1) is 0 Å². The minimum Gasteiger partial charge on any atom is -0.452 e. The predicted octanol–water partition coefficient (Wildman–Crippen LogP) is 3.40. The minimum atomic E-state index is -3.74. The van der Waals surface area contributed by atoms with Crippen LogP contribution in [-0.2, 0) is 19.6 Å². The molecular formula is C24H28FN3O5S. The maximum absolute atomic E-state index is 13.2. The second-order valence-electron chi connectivity index (χ2n) is 8.47. The Balaban J connectivity index is 1.52. The molecule has 0 aromatic heterocycles. The number of nitrogens with zero attached hydrogens (tertiary/aromatic N) is 2. The van der Waals surface area contributed by atoms with E-state index in [1.54, 1.807) is 6.07 Å². The van der Waals surface area contributed by atoms with Crippen LogP contribution in [0.15, 0.2) is 47.4 Å². The van der Waals surface area contributed by atoms with E-state index in [0.29, 0.717) is 24.5 Å². The molecule has 0 bridgehead atoms. The average molecular weight is 490 g/mol. The first-order valence-corrected chi connectivity index (χ1v) is 12.9. The summed E-state index contributed by atoms with van der Waals surface area (Å²) < 4.78 is 46.0. The Morgan fingerprint density at radius 3 is 2.24 bits per heavy atom. The highest BCUT2D eigenvalue weighted by atomic mass is 32.2. The van der Waals surface area contributed by atoms with Crippen LogP contribution in [0, 0.1) is 5.82 Å². The van der Waals surface area contributed by atoms with Gasteiger partial charge in [0.05, 0.1) is 16.1 Å². The van der Waals surface area contributed by atoms with Crippen molar-refractivity contribution in [2.75, 3.05) is 43.0 Å². The number of hydrogen-bond donors (Lipinski definition) is 1. The molecule has 2 aromatic rings. The van der Waals surface area contributed by atoms with E-state index in [0.717, 1.165) is 45.2 Å². The van der Waals surface area contributed by atoms with Gasteiger partial charge in [0.25, 0.3) is 5.91 Å². The minimum absolute atomic E-state index is 0.0417. The average Bonchev–Trinajstić information content (AvgIpc) is 3.39. The van der Waals surface area contributed by atoms with E-state index in [1.165, 1.54) is 40.7 Å². The molecule has 1 amide bonds. The van der Waals surface area contributed by atoms with Crippen molar-refractivity contribution >= 4 is 33.3 Å². The third kappa shape index (κ3) is 5.56. The number of benzene rings is 2. The summed E-state index contributed by atoms with van der Waals surface area (Å²) in [5.74, 6) is -1.79. The van der Waals surface area contributed by atoms with Crippen LogP contribution >= 0.6 is 0 Å². The Bertz CT molecular complexity index is 1140. The quantitative estimate of drug-likeness (QED) is 0.599. The fourth-order valence-electron chi connectivity index (χ4n) is 4.27. The van der Waals surface area contributed by atoms with E-state index in [-0.39, 0.29) is 10.5 Å². The second-order valence-corrected chi connectivity index (χ2v) is 10.4. The molecule has 34 heavy (non-hydrogen) atoms. The summed E-state index contributed by atoms with van der Waals surface area (Å²) in [6.07, 6.45) is 4.56. The molecule has 8 nitrogen and oxygen atoms in total. The topological polar surface area (TPSA) is 96.0 Å². The first kappa shape index (κ1) is 24.2. The Kier molecular flexibility index (Phi) is 7.47. The molecule has 10 heteroatoms. The fraction of sp³-hybridized carbons (Fsp3) is 0.417. The van der Waals surface area contributed by atoms with Crippen LogP contribution in [0.3, 0.4) is 0 Å². The largest absolute Gasteiger partial charge is 0.452 e. The maximum atomic E-state index is 13.2. The molecular weight excluding hydrogens is 461 g/mol. The van der Waals surface area contributed by atoms with Gasteiger partial charge in [0.1, 0.15) is 5.82 Å². The van der Waals surface area contributed by atoms with Gasteiger partial charge in [0.15, 0.2) is 6.61 Å². The lowest BCUT2D eigenvalue weighted by atomic mass is 10.1. The summed E-state index contributed by atoms with van der Waals surface area (Å²) in [7, 11) is -3.74. The number of piperidine rings is 1. The number of sulfonamides is 1. The van der Waals surface area contributed by atoms with E-state index >= 15 is 0 Å². The molecule has 182 valence electrons. The SMILES string of the molecule is O=C(COC(=O)c1cc(S(=O)(=O)N2CCCCC2)ccc1N1CCCC1)Nc1ccc(F)cc1. The van der Waals surface area contributed by atoms with Gasteiger partial charge in [-0.3, -0.25) is 4.79 Å². The number of carbonyl (C=O) groups excluding carboxylic acids is 2. The molecule has 0 radical (unpaired) electrons. The zero-order chi connectivity index (χ0) is 24.1. The Morgan fingerprint density at radius 2 is 1.56 bits per heavy atom. The van der Waals surface area contributed by atoms with E-state index in [1.807, 2.05) is 4.90 Å². The van der Waals surface area contributed by atoms with E-state index in [9.17, 15) is 22.4 Å². The smallest absolute Gasteiger partial charge is 0.340 e. The third-order valence-electron chi connectivity index (χ3n) is 6.05. The molecule has 2 aliphatic rings. The predicted molar refractivity (Wildman–Crippen MR) is 126 cm³/mol. The first-order chi connectivity index (χ1) is 16.3. The van der Waals surface area contributed by atoms with Gasteiger partial charge < -0.3 is 15.0 Å². The van der Waals surface area contributed by atoms with Crippen molar-refractivity contribution in [3.63, 3.8) is 0 Å². The number of rotatable bonds is 7. The lowest BCUT2D eigenvalue weighted by molar-refractivity contribution is -0.119. The van der Waals surface area contributed by atoms with E-state index < -0.39 is 34.3 Å². The first-order valence-electron chi connectivity index (χ1n) is 11.5. The highest BCUT2D eigenvalue weighted by molar-refractivity contribution is 7.89. The summed E-state index contributed by atoms with van der Waals surface area (Å²) >= 11 is 0. The number of carbonyl (C=O) groups is 2. The van der Waals surface area contributed by atoms with Crippen molar-refractivity contribution in [3.8, 4) is 0 Å². The van der Waals surface area contributed by atoms with Gasteiger partial charge in [-0.05, 0) is 68.1 Å².